The molecular formula is C29H19Cl2NO5S. The third kappa shape index (κ3) is 5.41. The van der Waals surface area contributed by atoms with Gasteiger partial charge in [-0.05, 0) is 69.6 Å². The van der Waals surface area contributed by atoms with Gasteiger partial charge in [0.15, 0.2) is 5.75 Å². The second kappa shape index (κ2) is 10.9. The van der Waals surface area contributed by atoms with Gasteiger partial charge in [-0.1, -0.05) is 77.8 Å². The van der Waals surface area contributed by atoms with Crippen molar-refractivity contribution in [2.45, 2.75) is 13.2 Å². The van der Waals surface area contributed by atoms with Crippen LogP contribution in [0.25, 0.3) is 16.8 Å². The number of carboxylic acids is 1. The molecule has 4 aromatic carbocycles. The number of imide groups is 1. The molecule has 5 rings (SSSR count). The van der Waals surface area contributed by atoms with Gasteiger partial charge in [0.05, 0.1) is 27.1 Å². The number of benzene rings is 4. The highest BCUT2D eigenvalue weighted by Crippen LogP contribution is 2.38. The first kappa shape index (κ1) is 25.9. The summed E-state index contributed by atoms with van der Waals surface area (Å²) in [5, 5.41) is 11.2. The second-order valence-corrected chi connectivity index (χ2v) is 10.3. The lowest BCUT2D eigenvalue weighted by molar-refractivity contribution is -0.123. The minimum Gasteiger partial charge on any atom is -0.486 e. The predicted octanol–water partition coefficient (Wildman–Crippen LogP) is 7.66. The van der Waals surface area contributed by atoms with Gasteiger partial charge in [-0.2, -0.15) is 0 Å². The number of nitrogens with zero attached hydrogens (tertiary/aromatic N) is 1. The summed E-state index contributed by atoms with van der Waals surface area (Å²) < 4.78 is 5.77. The summed E-state index contributed by atoms with van der Waals surface area (Å²) in [6.07, 6.45) is 1.58. The predicted molar refractivity (Wildman–Crippen MR) is 150 cm³/mol. The van der Waals surface area contributed by atoms with Gasteiger partial charge in [-0.15, -0.1) is 0 Å². The highest BCUT2D eigenvalue weighted by atomic mass is 35.5. The maximum atomic E-state index is 13.1. The molecule has 0 aliphatic carbocycles. The lowest BCUT2D eigenvalue weighted by Gasteiger charge is -2.14. The number of rotatable bonds is 7. The average Bonchev–Trinajstić information content (AvgIpc) is 3.16. The van der Waals surface area contributed by atoms with Gasteiger partial charge in [0.2, 0.25) is 0 Å². The van der Waals surface area contributed by atoms with E-state index in [1.807, 2.05) is 42.5 Å². The smallest absolute Gasteiger partial charge is 0.335 e. The number of carbonyl (C=O) groups excluding carboxylic acids is 2. The van der Waals surface area contributed by atoms with Crippen LogP contribution in [0.1, 0.15) is 27.0 Å². The Morgan fingerprint density at radius 3 is 2.34 bits per heavy atom. The maximum absolute atomic E-state index is 13.1. The molecule has 38 heavy (non-hydrogen) atoms. The number of hydrogen-bond acceptors (Lipinski definition) is 5. The third-order valence-electron chi connectivity index (χ3n) is 5.98. The van der Waals surface area contributed by atoms with E-state index in [0.717, 1.165) is 33.7 Å². The van der Waals surface area contributed by atoms with E-state index in [-0.39, 0.29) is 50.6 Å². The van der Waals surface area contributed by atoms with Gasteiger partial charge < -0.3 is 9.84 Å². The van der Waals surface area contributed by atoms with E-state index in [2.05, 4.69) is 0 Å². The fraction of sp³-hybridized carbons (Fsp3) is 0.0690. The van der Waals surface area contributed by atoms with Gasteiger partial charge >= 0.3 is 5.97 Å². The Hall–Kier alpha value is -3.78. The Labute approximate surface area is 232 Å². The van der Waals surface area contributed by atoms with Crippen molar-refractivity contribution in [3.8, 4) is 5.75 Å². The Kier molecular flexibility index (Phi) is 7.42. The quantitative estimate of drug-likeness (QED) is 0.232. The number of fused-ring (bicyclic) bond motifs is 1. The van der Waals surface area contributed by atoms with Gasteiger partial charge in [-0.3, -0.25) is 14.5 Å². The number of carboxylic acid groups (broad SMARTS) is 1. The van der Waals surface area contributed by atoms with Crippen LogP contribution in [0, 0.1) is 0 Å². The molecule has 1 heterocycles. The fourth-order valence-corrected chi connectivity index (χ4v) is 5.54. The Morgan fingerprint density at radius 1 is 0.947 bits per heavy atom. The molecule has 6 nitrogen and oxygen atoms in total. The van der Waals surface area contributed by atoms with Gasteiger partial charge in [0.1, 0.15) is 6.61 Å². The fourth-order valence-electron chi connectivity index (χ4n) is 4.09. The van der Waals surface area contributed by atoms with Crippen molar-refractivity contribution in [3.05, 3.63) is 116 Å². The molecule has 1 saturated heterocycles. The minimum atomic E-state index is -1.01. The van der Waals surface area contributed by atoms with Crippen LogP contribution in [0.15, 0.2) is 83.8 Å². The average molecular weight is 564 g/mol. The SMILES string of the molecule is O=C(O)c1ccc(COc2c(Cl)cc(/C=C3/SC(=O)N(Cc4cccc5ccccc45)C3=O)cc2Cl)cc1. The first-order valence-electron chi connectivity index (χ1n) is 11.5. The zero-order chi connectivity index (χ0) is 26.8. The van der Waals surface area contributed by atoms with Crippen molar-refractivity contribution in [1.29, 1.82) is 0 Å². The van der Waals surface area contributed by atoms with E-state index in [4.69, 9.17) is 33.0 Å². The van der Waals surface area contributed by atoms with E-state index < -0.39 is 5.97 Å². The number of hydrogen-bond donors (Lipinski definition) is 1. The largest absolute Gasteiger partial charge is 0.486 e. The summed E-state index contributed by atoms with van der Waals surface area (Å²) >= 11 is 13.7. The van der Waals surface area contributed by atoms with Crippen LogP contribution in [-0.2, 0) is 17.9 Å². The lowest BCUT2D eigenvalue weighted by Crippen LogP contribution is -2.27. The van der Waals surface area contributed by atoms with Crippen molar-refractivity contribution in [3.63, 3.8) is 0 Å². The molecule has 0 aromatic heterocycles. The van der Waals surface area contributed by atoms with Crippen LogP contribution in [0.4, 0.5) is 4.79 Å². The first-order valence-corrected chi connectivity index (χ1v) is 13.0. The molecule has 0 radical (unpaired) electrons. The molecule has 1 aliphatic heterocycles. The number of carbonyl (C=O) groups is 3. The summed E-state index contributed by atoms with van der Waals surface area (Å²) in [4.78, 5) is 38.3. The molecule has 1 N–H and O–H groups in total. The maximum Gasteiger partial charge on any atom is 0.335 e. The number of halogens is 2. The monoisotopic (exact) mass is 563 g/mol. The van der Waals surface area contributed by atoms with Crippen molar-refractivity contribution >= 4 is 68.9 Å². The molecule has 0 bridgehead atoms. The number of thioether (sulfide) groups is 1. The summed E-state index contributed by atoms with van der Waals surface area (Å²) in [7, 11) is 0. The van der Waals surface area contributed by atoms with Gasteiger partial charge in [-0.25, -0.2) is 4.79 Å². The molecule has 0 spiro atoms. The van der Waals surface area contributed by atoms with Crippen LogP contribution in [0.5, 0.6) is 5.75 Å². The Balaban J connectivity index is 1.31. The van der Waals surface area contributed by atoms with E-state index in [0.29, 0.717) is 5.56 Å². The van der Waals surface area contributed by atoms with Gasteiger partial charge in [0, 0.05) is 0 Å². The van der Waals surface area contributed by atoms with E-state index >= 15 is 0 Å². The van der Waals surface area contributed by atoms with Gasteiger partial charge in [0.25, 0.3) is 11.1 Å². The molecule has 9 heteroatoms. The number of amides is 2. The summed E-state index contributed by atoms with van der Waals surface area (Å²) in [5.74, 6) is -1.13. The number of aromatic carboxylic acids is 1. The van der Waals surface area contributed by atoms with Crippen LogP contribution < -0.4 is 4.74 Å². The Bertz CT molecular complexity index is 1590. The lowest BCUT2D eigenvalue weighted by atomic mass is 10.0. The van der Waals surface area contributed by atoms with Crippen LogP contribution in [-0.4, -0.2) is 27.1 Å². The standard InChI is InChI=1S/C29H19Cl2NO5S/c30-23-12-18(13-24(31)26(23)37-16-17-8-10-20(11-9-17)28(34)35)14-25-27(33)32(29(36)38-25)15-21-6-3-5-19-4-1-2-7-22(19)21/h1-14H,15-16H2,(H,34,35)/b25-14+. The summed E-state index contributed by atoms with van der Waals surface area (Å²) in [5.41, 5.74) is 2.35. The summed E-state index contributed by atoms with van der Waals surface area (Å²) in [6.45, 7) is 0.302. The Morgan fingerprint density at radius 2 is 1.63 bits per heavy atom. The zero-order valence-corrected chi connectivity index (χ0v) is 22.0. The van der Waals surface area contributed by atoms with Crippen molar-refractivity contribution in [2.24, 2.45) is 0 Å². The van der Waals surface area contributed by atoms with Crippen LogP contribution >= 0.6 is 35.0 Å². The second-order valence-electron chi connectivity index (χ2n) is 8.51. The highest BCUT2D eigenvalue weighted by molar-refractivity contribution is 8.18. The van der Waals surface area contributed by atoms with E-state index in [1.54, 1.807) is 30.3 Å². The number of ether oxygens (including phenoxy) is 1. The molecule has 2 amide bonds. The minimum absolute atomic E-state index is 0.131. The van der Waals surface area contributed by atoms with E-state index in [1.165, 1.54) is 17.0 Å². The normalized spacial score (nSPS) is 14.5. The molecule has 190 valence electrons. The van der Waals surface area contributed by atoms with Crippen LogP contribution in [0.2, 0.25) is 10.0 Å². The van der Waals surface area contributed by atoms with E-state index in [9.17, 15) is 14.4 Å². The van der Waals surface area contributed by atoms with Crippen molar-refractivity contribution < 1.29 is 24.2 Å². The zero-order valence-electron chi connectivity index (χ0n) is 19.7. The summed E-state index contributed by atoms with van der Waals surface area (Å²) in [6, 6.07) is 23.1. The molecule has 0 atom stereocenters. The van der Waals surface area contributed by atoms with Crippen molar-refractivity contribution in [2.75, 3.05) is 0 Å². The van der Waals surface area contributed by atoms with Crippen molar-refractivity contribution in [1.82, 2.24) is 4.90 Å². The van der Waals surface area contributed by atoms with Crippen LogP contribution in [0.3, 0.4) is 0 Å². The molecule has 0 saturated carbocycles. The molecule has 1 fully saturated rings. The molecular weight excluding hydrogens is 545 g/mol. The molecule has 0 unspecified atom stereocenters. The molecule has 1 aliphatic rings. The first-order chi connectivity index (χ1) is 18.3. The highest BCUT2D eigenvalue weighted by Gasteiger charge is 2.35. The molecule has 4 aromatic rings. The third-order valence-corrected chi connectivity index (χ3v) is 7.45. The topological polar surface area (TPSA) is 83.9 Å².